The number of hydrogen-bond acceptors (Lipinski definition) is 3. The molecule has 28 heavy (non-hydrogen) atoms. The monoisotopic (exact) mass is 406 g/mol. The van der Waals surface area contributed by atoms with Crippen LogP contribution in [0.2, 0.25) is 0 Å². The molecule has 0 aromatic heterocycles. The van der Waals surface area contributed by atoms with E-state index in [0.29, 0.717) is 19.6 Å². The lowest BCUT2D eigenvalue weighted by Crippen LogP contribution is -2.41. The molecular formula is C20H37F3N4O. The highest BCUT2D eigenvalue weighted by molar-refractivity contribution is 5.79. The third-order valence-corrected chi connectivity index (χ3v) is 5.89. The van der Waals surface area contributed by atoms with Gasteiger partial charge < -0.3 is 15.4 Å². The van der Waals surface area contributed by atoms with Crippen LogP contribution in [0.25, 0.3) is 0 Å². The second-order valence-electron chi connectivity index (χ2n) is 8.24. The molecule has 1 unspecified atom stereocenters. The molecule has 164 valence electrons. The van der Waals surface area contributed by atoms with Crippen molar-refractivity contribution in [3.63, 3.8) is 0 Å². The zero-order valence-electron chi connectivity index (χ0n) is 17.4. The van der Waals surface area contributed by atoms with Crippen molar-refractivity contribution in [3.8, 4) is 0 Å². The van der Waals surface area contributed by atoms with Gasteiger partial charge in [-0.25, -0.2) is 0 Å². The Morgan fingerprint density at radius 2 is 1.96 bits per heavy atom. The molecule has 0 aromatic rings. The molecule has 1 aliphatic carbocycles. The van der Waals surface area contributed by atoms with Crippen LogP contribution in [0.1, 0.15) is 52.4 Å². The van der Waals surface area contributed by atoms with Gasteiger partial charge in [-0.05, 0) is 57.4 Å². The summed E-state index contributed by atoms with van der Waals surface area (Å²) in [4.78, 5) is 6.33. The normalized spacial score (nSPS) is 23.3. The summed E-state index contributed by atoms with van der Waals surface area (Å²) >= 11 is 0. The van der Waals surface area contributed by atoms with E-state index in [1.54, 1.807) is 0 Å². The van der Waals surface area contributed by atoms with E-state index < -0.39 is 12.7 Å². The molecule has 1 saturated carbocycles. The van der Waals surface area contributed by atoms with Crippen LogP contribution in [-0.4, -0.2) is 69.5 Å². The van der Waals surface area contributed by atoms with Gasteiger partial charge in [-0.2, -0.15) is 13.2 Å². The van der Waals surface area contributed by atoms with Crippen LogP contribution >= 0.6 is 0 Å². The maximum atomic E-state index is 12.5. The minimum Gasteiger partial charge on any atom is -0.382 e. The van der Waals surface area contributed by atoms with Crippen LogP contribution in [0.5, 0.6) is 0 Å². The number of aliphatic imine (C=N–C) groups is 1. The molecule has 2 aliphatic rings. The number of rotatable bonds is 10. The smallest absolute Gasteiger partial charge is 0.382 e. The second-order valence-corrected chi connectivity index (χ2v) is 8.24. The lowest BCUT2D eigenvalue weighted by Gasteiger charge is -2.27. The van der Waals surface area contributed by atoms with Crippen molar-refractivity contribution in [2.45, 2.75) is 58.5 Å². The zero-order valence-corrected chi connectivity index (χ0v) is 17.4. The average molecular weight is 407 g/mol. The summed E-state index contributed by atoms with van der Waals surface area (Å²) in [6, 6.07) is 0. The lowest BCUT2D eigenvalue weighted by atomic mass is 9.83. The van der Waals surface area contributed by atoms with Gasteiger partial charge in [-0.1, -0.05) is 12.8 Å². The molecule has 1 heterocycles. The number of likely N-dealkylation sites (tertiary alicyclic amines) is 1. The third-order valence-electron chi connectivity index (χ3n) is 5.89. The molecule has 0 amide bonds. The minimum atomic E-state index is -4.12. The van der Waals surface area contributed by atoms with Crippen molar-refractivity contribution in [1.29, 1.82) is 0 Å². The van der Waals surface area contributed by atoms with Gasteiger partial charge in [-0.15, -0.1) is 0 Å². The molecule has 2 fully saturated rings. The summed E-state index contributed by atoms with van der Waals surface area (Å²) in [6.45, 7) is 7.98. The fourth-order valence-corrected chi connectivity index (χ4v) is 4.35. The second kappa shape index (κ2) is 11.2. The quantitative estimate of drug-likeness (QED) is 0.332. The zero-order chi connectivity index (χ0) is 20.5. The van der Waals surface area contributed by atoms with Gasteiger partial charge in [0, 0.05) is 39.4 Å². The molecular weight excluding hydrogens is 369 g/mol. The largest absolute Gasteiger partial charge is 0.401 e. The lowest BCUT2D eigenvalue weighted by molar-refractivity contribution is -0.143. The number of alkyl halides is 3. The van der Waals surface area contributed by atoms with Crippen molar-refractivity contribution in [1.82, 2.24) is 15.5 Å². The molecule has 1 aliphatic heterocycles. The molecule has 0 bridgehead atoms. The molecule has 8 heteroatoms. The molecule has 0 radical (unpaired) electrons. The van der Waals surface area contributed by atoms with Gasteiger partial charge in [-0.3, -0.25) is 9.89 Å². The van der Waals surface area contributed by atoms with Crippen molar-refractivity contribution >= 4 is 5.96 Å². The van der Waals surface area contributed by atoms with E-state index in [0.717, 1.165) is 45.1 Å². The van der Waals surface area contributed by atoms with E-state index in [1.807, 2.05) is 13.8 Å². The maximum absolute atomic E-state index is 12.5. The first-order valence-electron chi connectivity index (χ1n) is 10.7. The Morgan fingerprint density at radius 1 is 1.21 bits per heavy atom. The summed E-state index contributed by atoms with van der Waals surface area (Å²) in [5, 5.41) is 6.63. The van der Waals surface area contributed by atoms with Gasteiger partial charge in [0.05, 0.1) is 6.54 Å². The summed E-state index contributed by atoms with van der Waals surface area (Å²) < 4.78 is 43.2. The summed E-state index contributed by atoms with van der Waals surface area (Å²) in [7, 11) is 0. The van der Waals surface area contributed by atoms with Crippen molar-refractivity contribution in [3.05, 3.63) is 0 Å². The Labute approximate surface area is 167 Å². The van der Waals surface area contributed by atoms with Crippen LogP contribution in [0, 0.1) is 11.3 Å². The predicted octanol–water partition coefficient (Wildman–Crippen LogP) is 3.41. The highest BCUT2D eigenvalue weighted by Gasteiger charge is 2.35. The first kappa shape index (κ1) is 23.3. The van der Waals surface area contributed by atoms with E-state index in [-0.39, 0.29) is 11.3 Å². The minimum absolute atomic E-state index is 0.226. The fraction of sp³-hybridized carbons (Fsp3) is 0.950. The standard InChI is InChI=1S/C20H37F3N4O/c1-3-24-18(25-13-17-7-11-27(14-17)16-20(21,22)23)26-15-19(8-5-6-9-19)10-12-28-4-2/h17H,3-16H2,1-2H3,(H2,24,25,26). The molecule has 1 atom stereocenters. The van der Waals surface area contributed by atoms with Crippen LogP contribution < -0.4 is 10.6 Å². The van der Waals surface area contributed by atoms with Crippen LogP contribution in [-0.2, 0) is 4.74 Å². The summed E-state index contributed by atoms with van der Waals surface area (Å²) in [6.07, 6.45) is 2.61. The molecule has 2 rings (SSSR count). The van der Waals surface area contributed by atoms with Crippen molar-refractivity contribution in [2.75, 3.05) is 52.5 Å². The first-order chi connectivity index (χ1) is 13.4. The van der Waals surface area contributed by atoms with Gasteiger partial charge in [0.25, 0.3) is 0 Å². The molecule has 0 aromatic carbocycles. The van der Waals surface area contributed by atoms with E-state index >= 15 is 0 Å². The number of nitrogens with zero attached hydrogens (tertiary/aromatic N) is 2. The number of nitrogens with one attached hydrogen (secondary N) is 2. The SMILES string of the molecule is CCNC(=NCC1(CCOCC)CCCC1)NCC1CCN(CC(F)(F)F)C1. The molecule has 5 nitrogen and oxygen atoms in total. The Morgan fingerprint density at radius 3 is 2.61 bits per heavy atom. The highest BCUT2D eigenvalue weighted by Crippen LogP contribution is 2.41. The third kappa shape index (κ3) is 8.15. The van der Waals surface area contributed by atoms with Crippen molar-refractivity contribution < 1.29 is 17.9 Å². The summed E-state index contributed by atoms with van der Waals surface area (Å²) in [5.74, 6) is 1.00. The van der Waals surface area contributed by atoms with E-state index in [1.165, 1.54) is 30.6 Å². The average Bonchev–Trinajstić information content (AvgIpc) is 3.26. The topological polar surface area (TPSA) is 48.9 Å². The van der Waals surface area contributed by atoms with Crippen LogP contribution in [0.3, 0.4) is 0 Å². The number of ether oxygens (including phenoxy) is 1. The van der Waals surface area contributed by atoms with E-state index in [9.17, 15) is 13.2 Å². The molecule has 0 spiro atoms. The predicted molar refractivity (Wildman–Crippen MR) is 107 cm³/mol. The van der Waals surface area contributed by atoms with Crippen LogP contribution in [0.15, 0.2) is 4.99 Å². The molecule has 1 saturated heterocycles. The Balaban J connectivity index is 1.83. The van der Waals surface area contributed by atoms with Crippen LogP contribution in [0.4, 0.5) is 13.2 Å². The Kier molecular flexibility index (Phi) is 9.34. The number of hydrogen-bond donors (Lipinski definition) is 2. The first-order valence-corrected chi connectivity index (χ1v) is 10.7. The summed E-state index contributed by atoms with van der Waals surface area (Å²) in [5.41, 5.74) is 0.231. The van der Waals surface area contributed by atoms with E-state index in [2.05, 4.69) is 10.6 Å². The van der Waals surface area contributed by atoms with Gasteiger partial charge in [0.15, 0.2) is 5.96 Å². The Bertz CT molecular complexity index is 479. The molecule has 2 N–H and O–H groups in total. The number of halogens is 3. The maximum Gasteiger partial charge on any atom is 0.401 e. The van der Waals surface area contributed by atoms with Crippen molar-refractivity contribution in [2.24, 2.45) is 16.3 Å². The van der Waals surface area contributed by atoms with E-state index in [4.69, 9.17) is 9.73 Å². The van der Waals surface area contributed by atoms with Gasteiger partial charge in [0.1, 0.15) is 0 Å². The Hall–Kier alpha value is -1.02. The van der Waals surface area contributed by atoms with Gasteiger partial charge >= 0.3 is 6.18 Å². The fourth-order valence-electron chi connectivity index (χ4n) is 4.35. The number of guanidine groups is 1. The van der Waals surface area contributed by atoms with Gasteiger partial charge in [0.2, 0.25) is 0 Å². The highest BCUT2D eigenvalue weighted by atomic mass is 19.4.